The number of hydrogen-bond acceptors (Lipinski definition) is 3. The van der Waals surface area contributed by atoms with Gasteiger partial charge < -0.3 is 10.6 Å². The summed E-state index contributed by atoms with van der Waals surface area (Å²) in [5, 5.41) is 13.2. The van der Waals surface area contributed by atoms with Gasteiger partial charge in [0.1, 0.15) is 12.2 Å². The van der Waals surface area contributed by atoms with E-state index in [1.54, 1.807) is 18.1 Å². The van der Waals surface area contributed by atoms with E-state index in [0.717, 1.165) is 11.8 Å². The van der Waals surface area contributed by atoms with Gasteiger partial charge in [0.15, 0.2) is 5.96 Å². The Bertz CT molecular complexity index is 851. The van der Waals surface area contributed by atoms with Crippen molar-refractivity contribution >= 4 is 16.7 Å². The minimum Gasteiger partial charge on any atom is -0.350 e. The summed E-state index contributed by atoms with van der Waals surface area (Å²) in [5.74, 6) is 1.59. The smallest absolute Gasteiger partial charge is 0.191 e. The molecule has 2 N–H and O–H groups in total. The first kappa shape index (κ1) is 16.0. The zero-order valence-corrected chi connectivity index (χ0v) is 14.2. The molecular weight excluding hydrogens is 300 g/mol. The minimum atomic E-state index is 0.139. The summed E-state index contributed by atoms with van der Waals surface area (Å²) in [4.78, 5) is 8.48. The SMILES string of the molecule is CN=C(NCc1ncnn1C)NC(C)c1ccc2ccccc2c1. The molecule has 6 nitrogen and oxygen atoms in total. The molecule has 6 heteroatoms. The van der Waals surface area contributed by atoms with Crippen molar-refractivity contribution in [2.75, 3.05) is 7.05 Å². The number of aliphatic imine (C=N–C) groups is 1. The average Bonchev–Trinajstić information content (AvgIpc) is 3.03. The Hall–Kier alpha value is -2.89. The Balaban J connectivity index is 1.67. The molecule has 0 spiro atoms. The van der Waals surface area contributed by atoms with Crippen LogP contribution in [0.5, 0.6) is 0 Å². The number of aryl methyl sites for hydroxylation is 1. The quantitative estimate of drug-likeness (QED) is 0.572. The standard InChI is InChI=1S/C18H22N6/c1-13(15-9-8-14-6-4-5-7-16(14)10-15)23-18(19-2)20-11-17-21-12-22-24(17)3/h4-10,12-13H,11H2,1-3H3,(H2,19,20,23). The molecule has 0 radical (unpaired) electrons. The zero-order valence-electron chi connectivity index (χ0n) is 14.2. The maximum atomic E-state index is 4.28. The van der Waals surface area contributed by atoms with Crippen LogP contribution in [0.15, 0.2) is 53.8 Å². The number of guanidine groups is 1. The molecule has 0 amide bonds. The maximum absolute atomic E-state index is 4.28. The van der Waals surface area contributed by atoms with E-state index in [-0.39, 0.29) is 6.04 Å². The van der Waals surface area contributed by atoms with E-state index in [9.17, 15) is 0 Å². The third kappa shape index (κ3) is 3.53. The average molecular weight is 322 g/mol. The van der Waals surface area contributed by atoms with Crippen LogP contribution in [-0.2, 0) is 13.6 Å². The molecule has 0 aliphatic carbocycles. The normalized spacial score (nSPS) is 13.0. The van der Waals surface area contributed by atoms with E-state index in [2.05, 4.69) is 75.1 Å². The molecule has 1 heterocycles. The molecular formula is C18H22N6. The molecule has 1 aromatic heterocycles. The van der Waals surface area contributed by atoms with Crippen molar-refractivity contribution in [1.29, 1.82) is 0 Å². The van der Waals surface area contributed by atoms with Crippen LogP contribution in [0.2, 0.25) is 0 Å². The predicted octanol–water partition coefficient (Wildman–Crippen LogP) is 2.39. The van der Waals surface area contributed by atoms with Gasteiger partial charge in [-0.2, -0.15) is 5.10 Å². The fourth-order valence-electron chi connectivity index (χ4n) is 2.60. The van der Waals surface area contributed by atoms with Gasteiger partial charge in [-0.3, -0.25) is 9.67 Å². The maximum Gasteiger partial charge on any atom is 0.191 e. The Morgan fingerprint density at radius 2 is 2.00 bits per heavy atom. The van der Waals surface area contributed by atoms with E-state index < -0.39 is 0 Å². The first-order chi connectivity index (χ1) is 11.7. The van der Waals surface area contributed by atoms with Gasteiger partial charge in [0.2, 0.25) is 0 Å². The van der Waals surface area contributed by atoms with Gasteiger partial charge in [0.25, 0.3) is 0 Å². The number of rotatable bonds is 4. The molecule has 0 aliphatic rings. The fourth-order valence-corrected chi connectivity index (χ4v) is 2.60. The van der Waals surface area contributed by atoms with Crippen LogP contribution in [0.3, 0.4) is 0 Å². The van der Waals surface area contributed by atoms with E-state index >= 15 is 0 Å². The van der Waals surface area contributed by atoms with E-state index in [1.807, 2.05) is 7.05 Å². The van der Waals surface area contributed by atoms with Crippen molar-refractivity contribution in [2.45, 2.75) is 19.5 Å². The first-order valence-corrected chi connectivity index (χ1v) is 7.96. The van der Waals surface area contributed by atoms with Gasteiger partial charge in [0.05, 0.1) is 12.6 Å². The van der Waals surface area contributed by atoms with E-state index in [0.29, 0.717) is 6.54 Å². The lowest BCUT2D eigenvalue weighted by molar-refractivity contribution is 0.651. The summed E-state index contributed by atoms with van der Waals surface area (Å²) in [6.45, 7) is 2.69. The van der Waals surface area contributed by atoms with Gasteiger partial charge in [-0.1, -0.05) is 36.4 Å². The Morgan fingerprint density at radius 3 is 2.71 bits per heavy atom. The van der Waals surface area contributed by atoms with Gasteiger partial charge in [-0.15, -0.1) is 0 Å². The van der Waals surface area contributed by atoms with Crippen molar-refractivity contribution in [3.8, 4) is 0 Å². The number of benzene rings is 2. The molecule has 0 saturated heterocycles. The van der Waals surface area contributed by atoms with Crippen LogP contribution in [0.4, 0.5) is 0 Å². The molecule has 0 saturated carbocycles. The lowest BCUT2D eigenvalue weighted by Crippen LogP contribution is -2.38. The van der Waals surface area contributed by atoms with Crippen molar-refractivity contribution in [3.63, 3.8) is 0 Å². The Morgan fingerprint density at radius 1 is 1.21 bits per heavy atom. The highest BCUT2D eigenvalue weighted by molar-refractivity contribution is 5.84. The number of nitrogens with one attached hydrogen (secondary N) is 2. The highest BCUT2D eigenvalue weighted by Gasteiger charge is 2.09. The van der Waals surface area contributed by atoms with Crippen LogP contribution in [-0.4, -0.2) is 27.8 Å². The topological polar surface area (TPSA) is 67.1 Å². The van der Waals surface area contributed by atoms with Crippen molar-refractivity contribution in [3.05, 3.63) is 60.2 Å². The number of hydrogen-bond donors (Lipinski definition) is 2. The highest BCUT2D eigenvalue weighted by atomic mass is 15.3. The lowest BCUT2D eigenvalue weighted by atomic mass is 10.0. The fraction of sp³-hybridized carbons (Fsp3) is 0.278. The monoisotopic (exact) mass is 322 g/mol. The highest BCUT2D eigenvalue weighted by Crippen LogP contribution is 2.20. The Labute approximate surface area is 141 Å². The molecule has 0 aliphatic heterocycles. The zero-order chi connectivity index (χ0) is 16.9. The molecule has 3 rings (SSSR count). The van der Waals surface area contributed by atoms with Crippen LogP contribution in [0, 0.1) is 0 Å². The number of aromatic nitrogens is 3. The molecule has 2 aromatic carbocycles. The third-order valence-electron chi connectivity index (χ3n) is 4.07. The molecule has 24 heavy (non-hydrogen) atoms. The van der Waals surface area contributed by atoms with Crippen molar-refractivity contribution in [1.82, 2.24) is 25.4 Å². The summed E-state index contributed by atoms with van der Waals surface area (Å²) in [6.07, 6.45) is 1.55. The second-order valence-corrected chi connectivity index (χ2v) is 5.70. The van der Waals surface area contributed by atoms with Gasteiger partial charge in [-0.05, 0) is 29.3 Å². The summed E-state index contributed by atoms with van der Waals surface area (Å²) in [7, 11) is 3.64. The first-order valence-electron chi connectivity index (χ1n) is 7.96. The molecule has 1 unspecified atom stereocenters. The number of fused-ring (bicyclic) bond motifs is 1. The van der Waals surface area contributed by atoms with Crippen LogP contribution < -0.4 is 10.6 Å². The van der Waals surface area contributed by atoms with Gasteiger partial charge in [-0.25, -0.2) is 4.98 Å². The summed E-state index contributed by atoms with van der Waals surface area (Å²) >= 11 is 0. The van der Waals surface area contributed by atoms with E-state index in [4.69, 9.17) is 0 Å². The third-order valence-corrected chi connectivity index (χ3v) is 4.07. The molecule has 124 valence electrons. The lowest BCUT2D eigenvalue weighted by Gasteiger charge is -2.18. The van der Waals surface area contributed by atoms with Crippen molar-refractivity contribution < 1.29 is 0 Å². The van der Waals surface area contributed by atoms with Crippen LogP contribution >= 0.6 is 0 Å². The number of nitrogens with zero attached hydrogens (tertiary/aromatic N) is 4. The van der Waals surface area contributed by atoms with Gasteiger partial charge >= 0.3 is 0 Å². The molecule has 0 bridgehead atoms. The summed E-state index contributed by atoms with van der Waals surface area (Å²) in [6, 6.07) is 15.0. The largest absolute Gasteiger partial charge is 0.350 e. The van der Waals surface area contributed by atoms with E-state index in [1.165, 1.54) is 16.3 Å². The summed E-state index contributed by atoms with van der Waals surface area (Å²) in [5.41, 5.74) is 1.22. The molecule has 0 fully saturated rings. The predicted molar refractivity (Wildman–Crippen MR) is 96.7 cm³/mol. The second kappa shape index (κ2) is 7.12. The van der Waals surface area contributed by atoms with Crippen molar-refractivity contribution in [2.24, 2.45) is 12.0 Å². The van der Waals surface area contributed by atoms with Gasteiger partial charge in [0, 0.05) is 14.1 Å². The molecule has 3 aromatic rings. The minimum absolute atomic E-state index is 0.139. The Kier molecular flexibility index (Phi) is 4.74. The summed E-state index contributed by atoms with van der Waals surface area (Å²) < 4.78 is 1.74. The second-order valence-electron chi connectivity index (χ2n) is 5.70. The van der Waals surface area contributed by atoms with Crippen LogP contribution in [0.25, 0.3) is 10.8 Å². The van der Waals surface area contributed by atoms with Crippen LogP contribution in [0.1, 0.15) is 24.4 Å². The molecule has 1 atom stereocenters.